The molecule has 2 N–H and O–H groups in total. The summed E-state index contributed by atoms with van der Waals surface area (Å²) in [5.74, 6) is -2.22. The van der Waals surface area contributed by atoms with Crippen molar-refractivity contribution in [3.63, 3.8) is 0 Å². The summed E-state index contributed by atoms with van der Waals surface area (Å²) in [7, 11) is -2.28. The van der Waals surface area contributed by atoms with Gasteiger partial charge in [-0.2, -0.15) is 4.31 Å². The van der Waals surface area contributed by atoms with Crippen molar-refractivity contribution in [2.24, 2.45) is 5.92 Å². The highest BCUT2D eigenvalue weighted by Gasteiger charge is 2.29. The summed E-state index contributed by atoms with van der Waals surface area (Å²) in [5.41, 5.74) is 0.0834. The minimum atomic E-state index is -3.78. The van der Waals surface area contributed by atoms with Crippen LogP contribution in [0.3, 0.4) is 0 Å². The largest absolute Gasteiger partial charge is 0.454 e. The Morgan fingerprint density at radius 2 is 1.88 bits per heavy atom. The van der Waals surface area contributed by atoms with E-state index in [0.717, 1.165) is 0 Å². The Hall–Kier alpha value is -2.54. The number of methoxy groups -OCH3 is 1. The maximum absolute atomic E-state index is 12.9. The normalized spacial score (nSPS) is 15.6. The number of carbonyl (C=O) groups excluding carboxylic acids is 3. The number of nitrogens with one attached hydrogen (secondary N) is 2. The van der Waals surface area contributed by atoms with Crippen molar-refractivity contribution in [3.8, 4) is 0 Å². The van der Waals surface area contributed by atoms with E-state index >= 15 is 0 Å². The highest BCUT2D eigenvalue weighted by atomic mass is 32.2. The lowest BCUT2D eigenvalue weighted by molar-refractivity contribution is -0.151. The van der Waals surface area contributed by atoms with Crippen molar-refractivity contribution in [2.45, 2.75) is 24.8 Å². The summed E-state index contributed by atoms with van der Waals surface area (Å²) in [6, 6.07) is 4.59. The minimum Gasteiger partial charge on any atom is -0.454 e. The van der Waals surface area contributed by atoms with E-state index in [1.54, 1.807) is 13.8 Å². The average molecular weight is 486 g/mol. The van der Waals surface area contributed by atoms with E-state index in [9.17, 15) is 22.8 Å². The molecule has 1 aliphatic rings. The summed E-state index contributed by atoms with van der Waals surface area (Å²) < 4.78 is 42.1. The van der Waals surface area contributed by atoms with Crippen molar-refractivity contribution in [2.75, 3.05) is 53.2 Å². The lowest BCUT2D eigenvalue weighted by atomic mass is 10.0. The van der Waals surface area contributed by atoms with Gasteiger partial charge < -0.3 is 24.8 Å². The number of morpholine rings is 1. The molecule has 12 heteroatoms. The highest BCUT2D eigenvalue weighted by Crippen LogP contribution is 2.19. The topological polar surface area (TPSA) is 140 Å². The Bertz CT molecular complexity index is 929. The summed E-state index contributed by atoms with van der Waals surface area (Å²) in [6.45, 7) is 4.62. The number of hydrogen-bond donors (Lipinski definition) is 2. The van der Waals surface area contributed by atoms with E-state index in [1.165, 1.54) is 35.7 Å². The van der Waals surface area contributed by atoms with Crippen LogP contribution in [0.5, 0.6) is 0 Å². The fraction of sp³-hybridized carbons (Fsp3) is 0.571. The third-order valence-electron chi connectivity index (χ3n) is 4.89. The van der Waals surface area contributed by atoms with E-state index in [-0.39, 0.29) is 36.0 Å². The lowest BCUT2D eigenvalue weighted by Crippen LogP contribution is -2.46. The van der Waals surface area contributed by atoms with E-state index in [1.807, 2.05) is 0 Å². The predicted molar refractivity (Wildman–Crippen MR) is 118 cm³/mol. The van der Waals surface area contributed by atoms with Gasteiger partial charge in [0.05, 0.1) is 24.7 Å². The van der Waals surface area contributed by atoms with E-state index in [0.29, 0.717) is 19.8 Å². The number of nitrogens with zero attached hydrogens (tertiary/aromatic N) is 1. The molecule has 1 aliphatic heterocycles. The molecule has 33 heavy (non-hydrogen) atoms. The first-order valence-electron chi connectivity index (χ1n) is 10.6. The van der Waals surface area contributed by atoms with Gasteiger partial charge in [0.1, 0.15) is 6.04 Å². The zero-order chi connectivity index (χ0) is 24.4. The first-order chi connectivity index (χ1) is 15.7. The second-order valence-corrected chi connectivity index (χ2v) is 9.63. The van der Waals surface area contributed by atoms with Crippen LogP contribution in [0, 0.1) is 5.92 Å². The monoisotopic (exact) mass is 485 g/mol. The van der Waals surface area contributed by atoms with E-state index in [2.05, 4.69) is 10.6 Å². The number of rotatable bonds is 11. The minimum absolute atomic E-state index is 0.0200. The van der Waals surface area contributed by atoms with Gasteiger partial charge in [-0.25, -0.2) is 13.2 Å². The zero-order valence-corrected chi connectivity index (χ0v) is 19.9. The van der Waals surface area contributed by atoms with Crippen LogP contribution in [-0.2, 0) is 33.8 Å². The van der Waals surface area contributed by atoms with Crippen LogP contribution >= 0.6 is 0 Å². The van der Waals surface area contributed by atoms with Gasteiger partial charge in [-0.05, 0) is 24.1 Å². The standard InChI is InChI=1S/C21H31N3O8S/c1-15(2)19(21(27)32-14-18(25)22-7-10-30-3)23-20(26)16-5-4-6-17(13-16)33(28,29)24-8-11-31-12-9-24/h4-6,13,15,19H,7-12,14H2,1-3H3,(H,22,25)(H,23,26)/t19-/m0/s1. The molecule has 1 fully saturated rings. The number of hydrogen-bond acceptors (Lipinski definition) is 8. The van der Waals surface area contributed by atoms with Crippen LogP contribution in [0.15, 0.2) is 29.2 Å². The molecule has 1 saturated heterocycles. The second kappa shape index (κ2) is 12.6. The molecule has 0 saturated carbocycles. The lowest BCUT2D eigenvalue weighted by Gasteiger charge is -2.26. The Labute approximate surface area is 193 Å². The van der Waals surface area contributed by atoms with E-state index < -0.39 is 40.5 Å². The van der Waals surface area contributed by atoms with Crippen LogP contribution in [0.4, 0.5) is 0 Å². The Morgan fingerprint density at radius 3 is 2.52 bits per heavy atom. The fourth-order valence-corrected chi connectivity index (χ4v) is 4.48. The summed E-state index contributed by atoms with van der Waals surface area (Å²) in [4.78, 5) is 37.0. The number of benzene rings is 1. The molecule has 11 nitrogen and oxygen atoms in total. The molecule has 0 aromatic heterocycles. The molecule has 0 radical (unpaired) electrons. The summed E-state index contributed by atoms with van der Waals surface area (Å²) >= 11 is 0. The molecule has 0 bridgehead atoms. The van der Waals surface area contributed by atoms with Gasteiger partial charge >= 0.3 is 5.97 Å². The number of ether oxygens (including phenoxy) is 3. The molecule has 0 spiro atoms. The van der Waals surface area contributed by atoms with Gasteiger partial charge in [0.25, 0.3) is 11.8 Å². The van der Waals surface area contributed by atoms with Crippen LogP contribution < -0.4 is 10.6 Å². The third-order valence-corrected chi connectivity index (χ3v) is 6.78. The predicted octanol–water partition coefficient (Wildman–Crippen LogP) is -0.232. The van der Waals surface area contributed by atoms with Crippen LogP contribution in [0.1, 0.15) is 24.2 Å². The first-order valence-corrected chi connectivity index (χ1v) is 12.0. The molecule has 0 aliphatic carbocycles. The molecule has 0 unspecified atom stereocenters. The Balaban J connectivity index is 2.04. The molecule has 2 rings (SSSR count). The zero-order valence-electron chi connectivity index (χ0n) is 19.0. The van der Waals surface area contributed by atoms with Gasteiger partial charge in [0.15, 0.2) is 6.61 Å². The Kier molecular flexibility index (Phi) is 10.2. The van der Waals surface area contributed by atoms with Crippen molar-refractivity contribution in [1.29, 1.82) is 0 Å². The molecule has 2 amide bonds. The molecule has 1 aromatic carbocycles. The van der Waals surface area contributed by atoms with Gasteiger partial charge in [-0.3, -0.25) is 9.59 Å². The van der Waals surface area contributed by atoms with Crippen molar-refractivity contribution < 1.29 is 37.0 Å². The quantitative estimate of drug-likeness (QED) is 0.324. The van der Waals surface area contributed by atoms with Crippen LogP contribution in [0.2, 0.25) is 0 Å². The maximum atomic E-state index is 12.9. The third kappa shape index (κ3) is 7.77. The van der Waals surface area contributed by atoms with Gasteiger partial charge in [-0.1, -0.05) is 19.9 Å². The van der Waals surface area contributed by atoms with Gasteiger partial charge in [0, 0.05) is 32.3 Å². The molecular formula is C21H31N3O8S. The van der Waals surface area contributed by atoms with E-state index in [4.69, 9.17) is 14.2 Å². The first kappa shape index (κ1) is 26.7. The molecule has 184 valence electrons. The summed E-state index contributed by atoms with van der Waals surface area (Å²) in [5, 5.41) is 5.10. The molecule has 1 atom stereocenters. The number of sulfonamides is 1. The van der Waals surface area contributed by atoms with Crippen molar-refractivity contribution in [3.05, 3.63) is 29.8 Å². The van der Waals surface area contributed by atoms with Crippen LogP contribution in [0.25, 0.3) is 0 Å². The number of amides is 2. The molecule has 1 heterocycles. The smallest absolute Gasteiger partial charge is 0.329 e. The fourth-order valence-electron chi connectivity index (χ4n) is 3.03. The van der Waals surface area contributed by atoms with Crippen LogP contribution in [-0.4, -0.2) is 89.7 Å². The van der Waals surface area contributed by atoms with Gasteiger partial charge in [0.2, 0.25) is 10.0 Å². The SMILES string of the molecule is COCCNC(=O)COC(=O)[C@@H](NC(=O)c1cccc(S(=O)(=O)N2CCOCC2)c1)C(C)C. The number of carbonyl (C=O) groups is 3. The van der Waals surface area contributed by atoms with Gasteiger partial charge in [-0.15, -0.1) is 0 Å². The Morgan fingerprint density at radius 1 is 1.18 bits per heavy atom. The average Bonchev–Trinajstić information content (AvgIpc) is 2.81. The second-order valence-electron chi connectivity index (χ2n) is 7.69. The van der Waals surface area contributed by atoms with Crippen molar-refractivity contribution in [1.82, 2.24) is 14.9 Å². The van der Waals surface area contributed by atoms with Crippen molar-refractivity contribution >= 4 is 27.8 Å². The molecule has 1 aromatic rings. The summed E-state index contributed by atoms with van der Waals surface area (Å²) in [6.07, 6.45) is 0. The maximum Gasteiger partial charge on any atom is 0.329 e. The number of esters is 1. The molecular weight excluding hydrogens is 454 g/mol. The highest BCUT2D eigenvalue weighted by molar-refractivity contribution is 7.89.